The first kappa shape index (κ1) is 12.5. The van der Waals surface area contributed by atoms with Crippen LogP contribution >= 0.6 is 23.1 Å². The van der Waals surface area contributed by atoms with Gasteiger partial charge < -0.3 is 10.2 Å². The zero-order valence-electron chi connectivity index (χ0n) is 9.71. The molecule has 0 saturated carbocycles. The van der Waals surface area contributed by atoms with Crippen LogP contribution < -0.4 is 5.73 Å². The van der Waals surface area contributed by atoms with Gasteiger partial charge in [-0.15, -0.1) is 21.5 Å². The van der Waals surface area contributed by atoms with E-state index in [1.165, 1.54) is 11.8 Å². The lowest BCUT2D eigenvalue weighted by Gasteiger charge is -1.96. The molecule has 0 atom stereocenters. The molecule has 0 amide bonds. The van der Waals surface area contributed by atoms with Crippen molar-refractivity contribution in [3.05, 3.63) is 22.0 Å². The minimum atomic E-state index is 0.280. The summed E-state index contributed by atoms with van der Waals surface area (Å²) >= 11 is 3.17. The molecule has 17 heavy (non-hydrogen) atoms. The van der Waals surface area contributed by atoms with Crippen LogP contribution in [0.2, 0.25) is 0 Å². The Morgan fingerprint density at radius 1 is 1.47 bits per heavy atom. The normalized spacial score (nSPS) is 11.3. The van der Waals surface area contributed by atoms with Crippen molar-refractivity contribution in [1.29, 1.82) is 0 Å². The summed E-state index contributed by atoms with van der Waals surface area (Å²) in [5.41, 5.74) is 6.44. The van der Waals surface area contributed by atoms with Crippen LogP contribution in [0, 0.1) is 0 Å². The number of thioether (sulfide) groups is 1. The van der Waals surface area contributed by atoms with E-state index in [1.807, 2.05) is 0 Å². The second-order valence-corrected chi connectivity index (χ2v) is 5.60. The molecule has 2 rings (SSSR count). The van der Waals surface area contributed by atoms with E-state index < -0.39 is 0 Å². The predicted octanol–water partition coefficient (Wildman–Crippen LogP) is 2.40. The fourth-order valence-corrected chi connectivity index (χ4v) is 2.78. The maximum absolute atomic E-state index is 5.39. The van der Waals surface area contributed by atoms with Crippen molar-refractivity contribution in [3.8, 4) is 0 Å². The Kier molecular flexibility index (Phi) is 4.14. The molecule has 0 unspecified atom stereocenters. The predicted molar refractivity (Wildman–Crippen MR) is 68.0 cm³/mol. The van der Waals surface area contributed by atoms with E-state index in [9.17, 15) is 0 Å². The quantitative estimate of drug-likeness (QED) is 0.841. The Bertz CT molecular complexity index is 480. The van der Waals surface area contributed by atoms with Crippen LogP contribution in [0.4, 0.5) is 0 Å². The molecule has 2 aromatic rings. The van der Waals surface area contributed by atoms with Crippen LogP contribution in [0.5, 0.6) is 0 Å². The molecule has 0 saturated heterocycles. The van der Waals surface area contributed by atoms with E-state index in [2.05, 4.69) is 34.4 Å². The maximum atomic E-state index is 5.39. The molecular formula is C10H14N4OS2. The number of rotatable bonds is 5. The third-order valence-corrected chi connectivity index (χ3v) is 4.08. The van der Waals surface area contributed by atoms with Gasteiger partial charge in [0.15, 0.2) is 0 Å². The summed E-state index contributed by atoms with van der Waals surface area (Å²) in [6, 6.07) is 0. The van der Waals surface area contributed by atoms with E-state index in [1.54, 1.807) is 11.3 Å². The van der Waals surface area contributed by atoms with Crippen LogP contribution in [-0.2, 0) is 12.3 Å². The van der Waals surface area contributed by atoms with Gasteiger partial charge in [-0.1, -0.05) is 25.6 Å². The van der Waals surface area contributed by atoms with Crippen molar-refractivity contribution < 1.29 is 4.42 Å². The fraction of sp³-hybridized carbons (Fsp3) is 0.500. The van der Waals surface area contributed by atoms with Gasteiger partial charge in [0.05, 0.1) is 17.2 Å². The molecular weight excluding hydrogens is 256 g/mol. The van der Waals surface area contributed by atoms with Crippen molar-refractivity contribution in [2.24, 2.45) is 5.73 Å². The lowest BCUT2D eigenvalue weighted by Crippen LogP contribution is -1.95. The second-order valence-electron chi connectivity index (χ2n) is 3.79. The highest BCUT2D eigenvalue weighted by atomic mass is 32.2. The monoisotopic (exact) mass is 270 g/mol. The molecule has 0 aliphatic rings. The Balaban J connectivity index is 1.92. The Morgan fingerprint density at radius 2 is 2.29 bits per heavy atom. The molecule has 0 fully saturated rings. The molecule has 0 aliphatic carbocycles. The molecule has 2 heterocycles. The first-order chi connectivity index (χ1) is 8.19. The molecule has 2 N–H and O–H groups in total. The highest BCUT2D eigenvalue weighted by Gasteiger charge is 2.09. The molecule has 0 radical (unpaired) electrons. The highest BCUT2D eigenvalue weighted by Crippen LogP contribution is 2.25. The minimum Gasteiger partial charge on any atom is -0.415 e. The summed E-state index contributed by atoms with van der Waals surface area (Å²) in [4.78, 5) is 4.53. The zero-order chi connectivity index (χ0) is 12.3. The molecule has 0 bridgehead atoms. The standard InChI is InChI=1S/C10H14N4OS2/c1-6(2)9-12-7(4-16-9)5-17-10-14-13-8(3-11)15-10/h4,6H,3,5,11H2,1-2H3. The summed E-state index contributed by atoms with van der Waals surface area (Å²) in [5.74, 6) is 1.69. The largest absolute Gasteiger partial charge is 0.415 e. The van der Waals surface area contributed by atoms with E-state index >= 15 is 0 Å². The average Bonchev–Trinajstić information content (AvgIpc) is 2.95. The Morgan fingerprint density at radius 3 is 2.88 bits per heavy atom. The summed E-state index contributed by atoms with van der Waals surface area (Å²) in [6.45, 7) is 4.56. The van der Waals surface area contributed by atoms with Gasteiger partial charge in [-0.3, -0.25) is 0 Å². The first-order valence-electron chi connectivity index (χ1n) is 5.28. The molecule has 0 aliphatic heterocycles. The maximum Gasteiger partial charge on any atom is 0.277 e. The third-order valence-electron chi connectivity index (χ3n) is 2.03. The molecule has 0 spiro atoms. The summed E-state index contributed by atoms with van der Waals surface area (Å²) in [7, 11) is 0. The van der Waals surface area contributed by atoms with E-state index in [0.717, 1.165) is 16.5 Å². The third kappa shape index (κ3) is 3.27. The van der Waals surface area contributed by atoms with Crippen LogP contribution in [-0.4, -0.2) is 15.2 Å². The van der Waals surface area contributed by atoms with E-state index in [4.69, 9.17) is 10.2 Å². The van der Waals surface area contributed by atoms with Crippen molar-refractivity contribution in [2.75, 3.05) is 0 Å². The van der Waals surface area contributed by atoms with Crippen molar-refractivity contribution >= 4 is 23.1 Å². The first-order valence-corrected chi connectivity index (χ1v) is 7.15. The number of hydrogen-bond acceptors (Lipinski definition) is 7. The van der Waals surface area contributed by atoms with Gasteiger partial charge in [0.2, 0.25) is 5.89 Å². The molecule has 0 aromatic carbocycles. The number of nitrogens with two attached hydrogens (primary N) is 1. The minimum absolute atomic E-state index is 0.280. The molecule has 92 valence electrons. The smallest absolute Gasteiger partial charge is 0.277 e. The SMILES string of the molecule is CC(C)c1nc(CSc2nnc(CN)o2)cs1. The Labute approximate surface area is 108 Å². The van der Waals surface area contributed by atoms with Crippen LogP contribution in [0.25, 0.3) is 0 Å². The van der Waals surface area contributed by atoms with Crippen LogP contribution in [0.1, 0.15) is 36.4 Å². The number of aromatic nitrogens is 3. The van der Waals surface area contributed by atoms with Gasteiger partial charge in [0.1, 0.15) is 0 Å². The zero-order valence-corrected chi connectivity index (χ0v) is 11.3. The van der Waals surface area contributed by atoms with Gasteiger partial charge in [-0.25, -0.2) is 4.98 Å². The van der Waals surface area contributed by atoms with E-state index in [0.29, 0.717) is 17.0 Å². The number of hydrogen-bond donors (Lipinski definition) is 1. The topological polar surface area (TPSA) is 77.8 Å². The fourth-order valence-electron chi connectivity index (χ4n) is 1.17. The second kappa shape index (κ2) is 5.61. The molecule has 7 heteroatoms. The van der Waals surface area contributed by atoms with Gasteiger partial charge in [-0.2, -0.15) is 0 Å². The lowest BCUT2D eigenvalue weighted by molar-refractivity contribution is 0.414. The average molecular weight is 270 g/mol. The van der Waals surface area contributed by atoms with E-state index in [-0.39, 0.29) is 6.54 Å². The van der Waals surface area contributed by atoms with Gasteiger partial charge in [-0.05, 0) is 0 Å². The Hall–Kier alpha value is -0.920. The summed E-state index contributed by atoms with van der Waals surface area (Å²) < 4.78 is 5.30. The summed E-state index contributed by atoms with van der Waals surface area (Å²) in [6.07, 6.45) is 0. The molecule has 5 nitrogen and oxygen atoms in total. The van der Waals surface area contributed by atoms with Gasteiger partial charge in [0, 0.05) is 17.1 Å². The molecule has 2 aromatic heterocycles. The van der Waals surface area contributed by atoms with Crippen molar-refractivity contribution in [3.63, 3.8) is 0 Å². The highest BCUT2D eigenvalue weighted by molar-refractivity contribution is 7.98. The number of nitrogens with zero attached hydrogens (tertiary/aromatic N) is 3. The lowest BCUT2D eigenvalue weighted by atomic mass is 10.2. The van der Waals surface area contributed by atoms with Gasteiger partial charge >= 0.3 is 0 Å². The van der Waals surface area contributed by atoms with Crippen molar-refractivity contribution in [2.45, 2.75) is 37.3 Å². The van der Waals surface area contributed by atoms with Crippen molar-refractivity contribution in [1.82, 2.24) is 15.2 Å². The van der Waals surface area contributed by atoms with Gasteiger partial charge in [0.25, 0.3) is 5.22 Å². The summed E-state index contributed by atoms with van der Waals surface area (Å²) in [5, 5.41) is 11.5. The number of thiazole rings is 1. The van der Waals surface area contributed by atoms with Crippen LogP contribution in [0.15, 0.2) is 15.0 Å². The van der Waals surface area contributed by atoms with Crippen LogP contribution in [0.3, 0.4) is 0 Å².